The van der Waals surface area contributed by atoms with Crippen molar-refractivity contribution in [1.29, 1.82) is 0 Å². The Hall–Kier alpha value is -3.32. The number of carbonyl (C=O) groups is 1. The van der Waals surface area contributed by atoms with E-state index in [9.17, 15) is 9.90 Å². The highest BCUT2D eigenvalue weighted by Crippen LogP contribution is 2.39. The van der Waals surface area contributed by atoms with Gasteiger partial charge >= 0.3 is 5.97 Å². The van der Waals surface area contributed by atoms with Crippen LogP contribution in [0, 0.1) is 0 Å². The number of nitrogens with zero attached hydrogens (tertiary/aromatic N) is 3. The number of anilines is 1. The Labute approximate surface area is 146 Å². The van der Waals surface area contributed by atoms with Crippen LogP contribution in [-0.4, -0.2) is 26.0 Å². The third-order valence-corrected chi connectivity index (χ3v) is 4.86. The second-order valence-electron chi connectivity index (χ2n) is 5.33. The molecule has 25 heavy (non-hydrogen) atoms. The minimum absolute atomic E-state index is 0.0772. The van der Waals surface area contributed by atoms with Crippen LogP contribution in [0.2, 0.25) is 0 Å². The van der Waals surface area contributed by atoms with Crippen LogP contribution in [0.15, 0.2) is 54.9 Å². The molecule has 3 N–H and O–H groups in total. The minimum atomic E-state index is -1.06. The maximum atomic E-state index is 11.5. The van der Waals surface area contributed by atoms with Gasteiger partial charge in [-0.3, -0.25) is 4.98 Å². The third kappa shape index (κ3) is 2.60. The fourth-order valence-electron chi connectivity index (χ4n) is 2.62. The van der Waals surface area contributed by atoms with Crippen molar-refractivity contribution in [2.45, 2.75) is 0 Å². The van der Waals surface area contributed by atoms with E-state index in [1.807, 2.05) is 42.5 Å². The van der Waals surface area contributed by atoms with Crippen LogP contribution in [0.5, 0.6) is 0 Å². The molecule has 4 rings (SSSR count). The van der Waals surface area contributed by atoms with Gasteiger partial charge in [-0.25, -0.2) is 14.8 Å². The minimum Gasteiger partial charge on any atom is -0.477 e. The summed E-state index contributed by atoms with van der Waals surface area (Å²) in [4.78, 5) is 25.3. The van der Waals surface area contributed by atoms with E-state index in [-0.39, 0.29) is 10.6 Å². The van der Waals surface area contributed by atoms with Gasteiger partial charge in [0.1, 0.15) is 9.71 Å². The molecule has 0 spiro atoms. The van der Waals surface area contributed by atoms with Crippen LogP contribution in [-0.2, 0) is 0 Å². The molecule has 0 saturated heterocycles. The van der Waals surface area contributed by atoms with Gasteiger partial charge in [-0.15, -0.1) is 11.3 Å². The van der Waals surface area contributed by atoms with E-state index in [1.54, 1.807) is 12.4 Å². The maximum absolute atomic E-state index is 11.5. The van der Waals surface area contributed by atoms with Crippen LogP contribution < -0.4 is 5.73 Å². The van der Waals surface area contributed by atoms with E-state index >= 15 is 0 Å². The lowest BCUT2D eigenvalue weighted by Gasteiger charge is -2.07. The predicted molar refractivity (Wildman–Crippen MR) is 97.5 cm³/mol. The standard InChI is InChI=1S/C18H12N4O2S/c19-13-12-14(10-4-2-1-3-5-10)21-16(11-6-8-20-9-7-11)22-17(12)25-15(13)18(23)24/h1-9H,19H2,(H,23,24). The maximum Gasteiger partial charge on any atom is 0.348 e. The average molecular weight is 348 g/mol. The number of rotatable bonds is 3. The summed E-state index contributed by atoms with van der Waals surface area (Å²) in [6.45, 7) is 0. The van der Waals surface area contributed by atoms with Crippen molar-refractivity contribution in [2.75, 3.05) is 5.73 Å². The van der Waals surface area contributed by atoms with E-state index in [0.29, 0.717) is 21.7 Å². The molecule has 0 aliphatic heterocycles. The molecule has 3 heterocycles. The summed E-state index contributed by atoms with van der Waals surface area (Å²) in [5, 5.41) is 9.96. The highest BCUT2D eigenvalue weighted by Gasteiger charge is 2.22. The number of carboxylic acids is 1. The SMILES string of the molecule is Nc1c(C(=O)O)sc2nc(-c3ccncc3)nc(-c3ccccc3)c12. The Bertz CT molecular complexity index is 1080. The van der Waals surface area contributed by atoms with Gasteiger partial charge in [0.15, 0.2) is 5.82 Å². The van der Waals surface area contributed by atoms with E-state index < -0.39 is 5.97 Å². The number of thiophene rings is 1. The fraction of sp³-hybridized carbons (Fsp3) is 0. The van der Waals surface area contributed by atoms with Crippen molar-refractivity contribution in [3.8, 4) is 22.6 Å². The van der Waals surface area contributed by atoms with Crippen LogP contribution in [0.1, 0.15) is 9.67 Å². The summed E-state index contributed by atoms with van der Waals surface area (Å²) < 4.78 is 0. The van der Waals surface area contributed by atoms with Crippen LogP contribution in [0.25, 0.3) is 32.9 Å². The first-order chi connectivity index (χ1) is 12.1. The molecule has 0 fully saturated rings. The first-order valence-electron chi connectivity index (χ1n) is 7.44. The Balaban J connectivity index is 2.07. The Morgan fingerprint density at radius 1 is 1.00 bits per heavy atom. The Morgan fingerprint density at radius 3 is 2.40 bits per heavy atom. The zero-order chi connectivity index (χ0) is 17.4. The lowest BCUT2D eigenvalue weighted by atomic mass is 10.1. The number of benzene rings is 1. The summed E-state index contributed by atoms with van der Waals surface area (Å²) in [6, 6.07) is 13.2. The monoisotopic (exact) mass is 348 g/mol. The number of aromatic carboxylic acids is 1. The van der Waals surface area contributed by atoms with Gasteiger partial charge in [0.25, 0.3) is 0 Å². The molecule has 0 aliphatic rings. The van der Waals surface area contributed by atoms with Crippen molar-refractivity contribution < 1.29 is 9.90 Å². The van der Waals surface area contributed by atoms with Gasteiger partial charge in [-0.05, 0) is 12.1 Å². The zero-order valence-corrected chi connectivity index (χ0v) is 13.7. The molecule has 122 valence electrons. The summed E-state index contributed by atoms with van der Waals surface area (Å²) in [7, 11) is 0. The largest absolute Gasteiger partial charge is 0.477 e. The van der Waals surface area contributed by atoms with Crippen LogP contribution in [0.3, 0.4) is 0 Å². The summed E-state index contributed by atoms with van der Waals surface area (Å²) in [6.07, 6.45) is 3.33. The number of hydrogen-bond acceptors (Lipinski definition) is 6. The number of nitrogens with two attached hydrogens (primary N) is 1. The molecular weight excluding hydrogens is 336 g/mol. The number of hydrogen-bond donors (Lipinski definition) is 2. The molecule has 1 aromatic carbocycles. The zero-order valence-electron chi connectivity index (χ0n) is 12.9. The number of fused-ring (bicyclic) bond motifs is 1. The molecule has 0 radical (unpaired) electrons. The van der Waals surface area contributed by atoms with E-state index in [0.717, 1.165) is 22.5 Å². The Kier molecular flexibility index (Phi) is 3.62. The molecular formula is C18H12N4O2S. The second kappa shape index (κ2) is 5.95. The van der Waals surface area contributed by atoms with Crippen molar-refractivity contribution >= 4 is 33.2 Å². The molecule has 6 nitrogen and oxygen atoms in total. The smallest absolute Gasteiger partial charge is 0.348 e. The first-order valence-corrected chi connectivity index (χ1v) is 8.26. The molecule has 0 amide bonds. The van der Waals surface area contributed by atoms with Gasteiger partial charge in [-0.1, -0.05) is 30.3 Å². The second-order valence-corrected chi connectivity index (χ2v) is 6.33. The highest BCUT2D eigenvalue weighted by atomic mass is 32.1. The number of carboxylic acid groups (broad SMARTS) is 1. The van der Waals surface area contributed by atoms with E-state index in [1.165, 1.54) is 0 Å². The molecule has 0 atom stereocenters. The van der Waals surface area contributed by atoms with Crippen molar-refractivity contribution in [2.24, 2.45) is 0 Å². The lowest BCUT2D eigenvalue weighted by molar-refractivity contribution is 0.0703. The van der Waals surface area contributed by atoms with Gasteiger partial charge in [0.2, 0.25) is 0 Å². The first kappa shape index (κ1) is 15.2. The van der Waals surface area contributed by atoms with Gasteiger partial charge in [0.05, 0.1) is 16.8 Å². The summed E-state index contributed by atoms with van der Waals surface area (Å²) in [5.74, 6) is -0.558. The van der Waals surface area contributed by atoms with Crippen molar-refractivity contribution in [3.05, 3.63) is 59.7 Å². The van der Waals surface area contributed by atoms with Crippen molar-refractivity contribution in [1.82, 2.24) is 15.0 Å². The van der Waals surface area contributed by atoms with Crippen LogP contribution >= 0.6 is 11.3 Å². The van der Waals surface area contributed by atoms with E-state index in [2.05, 4.69) is 15.0 Å². The Morgan fingerprint density at radius 2 is 1.72 bits per heavy atom. The normalized spacial score (nSPS) is 10.9. The summed E-state index contributed by atoms with van der Waals surface area (Å²) >= 11 is 1.06. The molecule has 0 unspecified atom stereocenters. The van der Waals surface area contributed by atoms with Gasteiger partial charge in [-0.2, -0.15) is 0 Å². The quantitative estimate of drug-likeness (QED) is 0.585. The predicted octanol–water partition coefficient (Wildman–Crippen LogP) is 3.70. The topological polar surface area (TPSA) is 102 Å². The third-order valence-electron chi connectivity index (χ3n) is 3.77. The number of aromatic nitrogens is 3. The number of pyridine rings is 1. The van der Waals surface area contributed by atoms with Gasteiger partial charge in [0, 0.05) is 23.5 Å². The lowest BCUT2D eigenvalue weighted by Crippen LogP contribution is -1.98. The molecule has 0 aliphatic carbocycles. The van der Waals surface area contributed by atoms with Crippen LogP contribution in [0.4, 0.5) is 5.69 Å². The highest BCUT2D eigenvalue weighted by molar-refractivity contribution is 7.21. The fourth-order valence-corrected chi connectivity index (χ4v) is 3.55. The molecule has 7 heteroatoms. The van der Waals surface area contributed by atoms with E-state index in [4.69, 9.17) is 5.73 Å². The molecule has 4 aromatic rings. The molecule has 0 saturated carbocycles. The van der Waals surface area contributed by atoms with Crippen molar-refractivity contribution in [3.63, 3.8) is 0 Å². The summed E-state index contributed by atoms with van der Waals surface area (Å²) in [5.41, 5.74) is 8.59. The molecule has 0 bridgehead atoms. The molecule has 3 aromatic heterocycles. The van der Waals surface area contributed by atoms with Gasteiger partial charge < -0.3 is 10.8 Å². The number of nitrogen functional groups attached to an aromatic ring is 1. The average Bonchev–Trinajstić information content (AvgIpc) is 2.99.